The van der Waals surface area contributed by atoms with Crippen molar-refractivity contribution in [2.45, 2.75) is 57.7 Å². The summed E-state index contributed by atoms with van der Waals surface area (Å²) in [5, 5.41) is 4.48. The number of hydrogen-bond donors (Lipinski definition) is 1. The molecule has 3 unspecified atom stereocenters. The highest BCUT2D eigenvalue weighted by atomic mass is 32.2. The minimum absolute atomic E-state index is 0.535. The molecule has 0 heterocycles. The fourth-order valence-corrected chi connectivity index (χ4v) is 4.55. The SMILES string of the molecule is CCNC1c2ccccc2CCCC1SCC(C)CC. The minimum atomic E-state index is 0.535. The molecule has 1 N–H and O–H groups in total. The molecule has 0 fully saturated rings. The van der Waals surface area contributed by atoms with E-state index in [-0.39, 0.29) is 0 Å². The van der Waals surface area contributed by atoms with Gasteiger partial charge in [-0.15, -0.1) is 0 Å². The van der Waals surface area contributed by atoms with Crippen LogP contribution in [0.3, 0.4) is 0 Å². The summed E-state index contributed by atoms with van der Waals surface area (Å²) in [7, 11) is 0. The molecule has 0 aliphatic heterocycles. The second kappa shape index (κ2) is 8.09. The number of benzene rings is 1. The Bertz CT molecular complexity index is 404. The van der Waals surface area contributed by atoms with Crippen molar-refractivity contribution < 1.29 is 0 Å². The van der Waals surface area contributed by atoms with Crippen molar-refractivity contribution in [2.24, 2.45) is 5.92 Å². The van der Waals surface area contributed by atoms with Crippen LogP contribution < -0.4 is 5.32 Å². The van der Waals surface area contributed by atoms with E-state index in [1.807, 2.05) is 0 Å². The van der Waals surface area contributed by atoms with Crippen molar-refractivity contribution in [3.63, 3.8) is 0 Å². The maximum Gasteiger partial charge on any atom is 0.0443 e. The van der Waals surface area contributed by atoms with Crippen molar-refractivity contribution in [2.75, 3.05) is 12.3 Å². The Kier molecular flexibility index (Phi) is 6.44. The number of thioether (sulfide) groups is 1. The summed E-state index contributed by atoms with van der Waals surface area (Å²) in [4.78, 5) is 0. The molecule has 1 aliphatic carbocycles. The number of hydrogen-bond acceptors (Lipinski definition) is 2. The van der Waals surface area contributed by atoms with Crippen LogP contribution in [0.25, 0.3) is 0 Å². The van der Waals surface area contributed by atoms with E-state index in [1.165, 1.54) is 31.4 Å². The fourth-order valence-electron chi connectivity index (χ4n) is 2.97. The Labute approximate surface area is 128 Å². The second-order valence-corrected chi connectivity index (χ2v) is 7.28. The highest BCUT2D eigenvalue weighted by molar-refractivity contribution is 7.99. The second-order valence-electron chi connectivity index (χ2n) is 6.01. The topological polar surface area (TPSA) is 12.0 Å². The smallest absolute Gasteiger partial charge is 0.0443 e. The Morgan fingerprint density at radius 1 is 1.30 bits per heavy atom. The Balaban J connectivity index is 2.14. The fraction of sp³-hybridized carbons (Fsp3) is 0.667. The van der Waals surface area contributed by atoms with E-state index in [9.17, 15) is 0 Å². The van der Waals surface area contributed by atoms with E-state index >= 15 is 0 Å². The molecule has 0 aromatic heterocycles. The average Bonchev–Trinajstić information content (AvgIpc) is 2.65. The molecule has 0 amide bonds. The molecule has 0 radical (unpaired) electrons. The summed E-state index contributed by atoms with van der Waals surface area (Å²) >= 11 is 2.19. The third kappa shape index (κ3) is 4.02. The lowest BCUT2D eigenvalue weighted by Gasteiger charge is -2.28. The van der Waals surface area contributed by atoms with Gasteiger partial charge in [-0.2, -0.15) is 11.8 Å². The van der Waals surface area contributed by atoms with Crippen LogP contribution in [0.4, 0.5) is 0 Å². The number of fused-ring (bicyclic) bond motifs is 1. The molecular formula is C18H29NS. The first-order valence-electron chi connectivity index (χ1n) is 8.19. The first-order valence-corrected chi connectivity index (χ1v) is 9.23. The molecule has 2 heteroatoms. The Morgan fingerprint density at radius 3 is 2.85 bits per heavy atom. The van der Waals surface area contributed by atoms with Crippen molar-refractivity contribution in [3.05, 3.63) is 35.4 Å². The van der Waals surface area contributed by atoms with Gasteiger partial charge in [0.05, 0.1) is 0 Å². The molecule has 0 saturated carbocycles. The van der Waals surface area contributed by atoms with E-state index in [0.29, 0.717) is 6.04 Å². The van der Waals surface area contributed by atoms with E-state index in [0.717, 1.165) is 17.7 Å². The van der Waals surface area contributed by atoms with Crippen LogP contribution in [0.2, 0.25) is 0 Å². The first kappa shape index (κ1) is 15.9. The van der Waals surface area contributed by atoms with Gasteiger partial charge in [0.15, 0.2) is 0 Å². The van der Waals surface area contributed by atoms with E-state index < -0.39 is 0 Å². The van der Waals surface area contributed by atoms with Crippen molar-refractivity contribution in [1.29, 1.82) is 0 Å². The van der Waals surface area contributed by atoms with E-state index in [2.05, 4.69) is 62.1 Å². The predicted molar refractivity (Wildman–Crippen MR) is 91.5 cm³/mol. The molecule has 0 saturated heterocycles. The first-order chi connectivity index (χ1) is 9.76. The standard InChI is InChI=1S/C18H29NS/c1-4-14(3)13-20-17-12-8-10-15-9-6-7-11-16(15)18(17)19-5-2/h6-7,9,11,14,17-19H,4-5,8,10,12-13H2,1-3H3. The summed E-state index contributed by atoms with van der Waals surface area (Å²) in [5.41, 5.74) is 3.11. The normalized spacial score (nSPS) is 23.9. The van der Waals surface area contributed by atoms with Gasteiger partial charge in [0.25, 0.3) is 0 Å². The zero-order chi connectivity index (χ0) is 14.4. The predicted octanol–water partition coefficient (Wildman–Crippen LogP) is 4.82. The van der Waals surface area contributed by atoms with Crippen molar-refractivity contribution in [1.82, 2.24) is 5.32 Å². The quantitative estimate of drug-likeness (QED) is 0.754. The monoisotopic (exact) mass is 291 g/mol. The van der Waals surface area contributed by atoms with Gasteiger partial charge in [0.1, 0.15) is 0 Å². The third-order valence-corrected chi connectivity index (χ3v) is 6.11. The lowest BCUT2D eigenvalue weighted by Crippen LogP contribution is -2.30. The molecule has 1 aliphatic rings. The maximum atomic E-state index is 3.75. The van der Waals surface area contributed by atoms with Gasteiger partial charge in [-0.25, -0.2) is 0 Å². The van der Waals surface area contributed by atoms with Crippen LogP contribution in [-0.2, 0) is 6.42 Å². The number of nitrogens with one attached hydrogen (secondary N) is 1. The van der Waals surface area contributed by atoms with Gasteiger partial charge in [0, 0.05) is 11.3 Å². The van der Waals surface area contributed by atoms with Crippen molar-refractivity contribution in [3.8, 4) is 0 Å². The summed E-state index contributed by atoms with van der Waals surface area (Å²) < 4.78 is 0. The zero-order valence-corrected chi connectivity index (χ0v) is 14.0. The Morgan fingerprint density at radius 2 is 2.10 bits per heavy atom. The van der Waals surface area contributed by atoms with Gasteiger partial charge in [-0.05, 0) is 48.6 Å². The van der Waals surface area contributed by atoms with Gasteiger partial charge in [-0.1, -0.05) is 51.5 Å². The largest absolute Gasteiger partial charge is 0.309 e. The summed E-state index contributed by atoms with van der Waals surface area (Å²) in [6.45, 7) is 7.96. The van der Waals surface area contributed by atoms with E-state index in [1.54, 1.807) is 11.1 Å². The molecular weight excluding hydrogens is 262 g/mol. The molecule has 1 aromatic carbocycles. The van der Waals surface area contributed by atoms with Crippen LogP contribution in [0.5, 0.6) is 0 Å². The highest BCUT2D eigenvalue weighted by Gasteiger charge is 2.27. The van der Waals surface area contributed by atoms with Crippen LogP contribution in [0, 0.1) is 5.92 Å². The molecule has 112 valence electrons. The Hall–Kier alpha value is -0.470. The maximum absolute atomic E-state index is 3.75. The lowest BCUT2D eigenvalue weighted by molar-refractivity contribution is 0.514. The van der Waals surface area contributed by atoms with Crippen molar-refractivity contribution >= 4 is 11.8 Å². The summed E-state index contributed by atoms with van der Waals surface area (Å²) in [6.07, 6.45) is 5.21. The summed E-state index contributed by atoms with van der Waals surface area (Å²) in [5.74, 6) is 2.13. The van der Waals surface area contributed by atoms with Gasteiger partial charge >= 0.3 is 0 Å². The molecule has 3 atom stereocenters. The van der Waals surface area contributed by atoms with Crippen LogP contribution in [0.15, 0.2) is 24.3 Å². The minimum Gasteiger partial charge on any atom is -0.309 e. The summed E-state index contributed by atoms with van der Waals surface area (Å²) in [6, 6.07) is 9.58. The highest BCUT2D eigenvalue weighted by Crippen LogP contribution is 2.36. The molecule has 2 rings (SSSR count). The van der Waals surface area contributed by atoms with Crippen LogP contribution in [0.1, 0.15) is 57.2 Å². The van der Waals surface area contributed by atoms with Gasteiger partial charge in [0.2, 0.25) is 0 Å². The van der Waals surface area contributed by atoms with Gasteiger partial charge in [-0.3, -0.25) is 0 Å². The zero-order valence-electron chi connectivity index (χ0n) is 13.2. The van der Waals surface area contributed by atoms with E-state index in [4.69, 9.17) is 0 Å². The average molecular weight is 292 g/mol. The third-order valence-electron chi connectivity index (χ3n) is 4.41. The van der Waals surface area contributed by atoms with Crippen LogP contribution >= 0.6 is 11.8 Å². The lowest BCUT2D eigenvalue weighted by atomic mass is 9.99. The van der Waals surface area contributed by atoms with Crippen LogP contribution in [-0.4, -0.2) is 17.5 Å². The molecule has 20 heavy (non-hydrogen) atoms. The molecule has 0 spiro atoms. The molecule has 0 bridgehead atoms. The number of rotatable bonds is 6. The van der Waals surface area contributed by atoms with Gasteiger partial charge < -0.3 is 5.32 Å². The molecule has 1 aromatic rings. The molecule has 1 nitrogen and oxygen atoms in total. The number of aryl methyl sites for hydroxylation is 1.